The Morgan fingerprint density at radius 1 is 0.923 bits per heavy atom. The molecule has 2 aromatic carbocycles. The molecule has 0 bridgehead atoms. The van der Waals surface area contributed by atoms with Crippen LogP contribution in [-0.2, 0) is 13.2 Å². The molecular weight excluding hydrogens is 365 g/mol. The van der Waals surface area contributed by atoms with Crippen LogP contribution in [0.1, 0.15) is 52.2 Å². The molecule has 0 saturated heterocycles. The van der Waals surface area contributed by atoms with Crippen LogP contribution in [0.3, 0.4) is 0 Å². The molecule has 2 aromatic rings. The lowest BCUT2D eigenvalue weighted by atomic mass is 9.82. The number of para-hydroxylation sites is 1. The monoisotopic (exact) mass is 393 g/mol. The third-order valence-corrected chi connectivity index (χ3v) is 4.69. The summed E-state index contributed by atoms with van der Waals surface area (Å²) in [5, 5.41) is 4.92. The van der Waals surface area contributed by atoms with Gasteiger partial charge < -0.3 is 10.1 Å². The van der Waals surface area contributed by atoms with Gasteiger partial charge in [-0.05, 0) is 43.9 Å². The van der Waals surface area contributed by atoms with Crippen molar-refractivity contribution in [1.29, 1.82) is 0 Å². The zero-order valence-corrected chi connectivity index (χ0v) is 17.8. The Hall–Kier alpha value is -1.22. The first kappa shape index (κ1) is 21.1. The number of nitrogens with one attached hydrogen (secondary N) is 1. The fourth-order valence-corrected chi connectivity index (χ4v) is 3.77. The molecule has 0 aromatic heterocycles. The molecule has 0 heterocycles. The summed E-state index contributed by atoms with van der Waals surface area (Å²) in [6, 6.07) is 13.6. The van der Waals surface area contributed by atoms with E-state index in [1.54, 1.807) is 6.07 Å². The van der Waals surface area contributed by atoms with E-state index < -0.39 is 0 Å². The van der Waals surface area contributed by atoms with Crippen molar-refractivity contribution in [3.8, 4) is 5.75 Å². The lowest BCUT2D eigenvalue weighted by molar-refractivity contribution is 0.238. The average Bonchev–Trinajstić information content (AvgIpc) is 2.51. The zero-order chi connectivity index (χ0) is 19.4. The van der Waals surface area contributed by atoms with Crippen LogP contribution in [0.2, 0.25) is 10.0 Å². The van der Waals surface area contributed by atoms with Crippen molar-refractivity contribution in [3.63, 3.8) is 0 Å². The van der Waals surface area contributed by atoms with E-state index >= 15 is 0 Å². The summed E-state index contributed by atoms with van der Waals surface area (Å²) < 4.78 is 6.04. The maximum absolute atomic E-state index is 6.24. The SMILES string of the molecule is CC(C)(C)CC(C)(C)NCc1ccccc1OCc1ccc(Cl)cc1Cl. The number of ether oxygens (including phenoxy) is 1. The molecule has 0 aliphatic heterocycles. The van der Waals surface area contributed by atoms with Crippen LogP contribution in [-0.4, -0.2) is 5.54 Å². The van der Waals surface area contributed by atoms with E-state index in [1.807, 2.05) is 30.3 Å². The summed E-state index contributed by atoms with van der Waals surface area (Å²) in [4.78, 5) is 0. The standard InChI is InChI=1S/C22H29Cl2NO/c1-21(2,3)15-22(4,5)25-13-16-8-6-7-9-20(16)26-14-17-10-11-18(23)12-19(17)24/h6-12,25H,13-15H2,1-5H3. The normalized spacial score (nSPS) is 12.3. The molecule has 0 amide bonds. The van der Waals surface area contributed by atoms with E-state index in [4.69, 9.17) is 27.9 Å². The van der Waals surface area contributed by atoms with Crippen molar-refractivity contribution in [3.05, 3.63) is 63.6 Å². The molecule has 2 nitrogen and oxygen atoms in total. The van der Waals surface area contributed by atoms with Gasteiger partial charge in [0.1, 0.15) is 12.4 Å². The summed E-state index contributed by atoms with van der Waals surface area (Å²) in [6.07, 6.45) is 1.09. The van der Waals surface area contributed by atoms with Gasteiger partial charge in [-0.3, -0.25) is 0 Å². The number of hydrogen-bond donors (Lipinski definition) is 1. The molecule has 26 heavy (non-hydrogen) atoms. The molecule has 0 radical (unpaired) electrons. The second-order valence-corrected chi connectivity index (χ2v) is 9.45. The molecule has 0 saturated carbocycles. The minimum absolute atomic E-state index is 0.0465. The number of benzene rings is 2. The van der Waals surface area contributed by atoms with Crippen molar-refractivity contribution in [2.45, 2.75) is 59.7 Å². The highest BCUT2D eigenvalue weighted by Crippen LogP contribution is 2.28. The molecular formula is C22H29Cl2NO. The molecule has 0 aliphatic carbocycles. The summed E-state index contributed by atoms with van der Waals surface area (Å²) in [7, 11) is 0. The third-order valence-electron chi connectivity index (χ3n) is 4.10. The Bertz CT molecular complexity index is 735. The highest BCUT2D eigenvalue weighted by molar-refractivity contribution is 6.35. The highest BCUT2D eigenvalue weighted by Gasteiger charge is 2.25. The average molecular weight is 394 g/mol. The van der Waals surface area contributed by atoms with Gasteiger partial charge in [0.05, 0.1) is 0 Å². The first-order chi connectivity index (χ1) is 12.1. The van der Waals surface area contributed by atoms with E-state index in [2.05, 4.69) is 46.0 Å². The second-order valence-electron chi connectivity index (χ2n) is 8.61. The maximum Gasteiger partial charge on any atom is 0.124 e. The first-order valence-electron chi connectivity index (χ1n) is 8.95. The van der Waals surface area contributed by atoms with Crippen LogP contribution >= 0.6 is 23.2 Å². The highest BCUT2D eigenvalue weighted by atomic mass is 35.5. The topological polar surface area (TPSA) is 21.3 Å². The molecule has 142 valence electrons. The second kappa shape index (κ2) is 8.65. The van der Waals surface area contributed by atoms with Gasteiger partial charge in [0.2, 0.25) is 0 Å². The minimum Gasteiger partial charge on any atom is -0.489 e. The van der Waals surface area contributed by atoms with Gasteiger partial charge in [-0.25, -0.2) is 0 Å². The first-order valence-corrected chi connectivity index (χ1v) is 9.71. The van der Waals surface area contributed by atoms with E-state index in [1.165, 1.54) is 0 Å². The zero-order valence-electron chi connectivity index (χ0n) is 16.3. The Kier molecular flexibility index (Phi) is 7.01. The van der Waals surface area contributed by atoms with Gasteiger partial charge in [0, 0.05) is 33.3 Å². The predicted molar refractivity (Wildman–Crippen MR) is 112 cm³/mol. The summed E-state index contributed by atoms with van der Waals surface area (Å²) in [5.41, 5.74) is 2.38. The molecule has 0 fully saturated rings. The molecule has 0 atom stereocenters. The van der Waals surface area contributed by atoms with Crippen LogP contribution in [0.15, 0.2) is 42.5 Å². The Morgan fingerprint density at radius 2 is 1.62 bits per heavy atom. The van der Waals surface area contributed by atoms with Crippen LogP contribution in [0.5, 0.6) is 5.75 Å². The van der Waals surface area contributed by atoms with Gasteiger partial charge in [0.25, 0.3) is 0 Å². The molecule has 0 unspecified atom stereocenters. The van der Waals surface area contributed by atoms with Crippen LogP contribution in [0, 0.1) is 5.41 Å². The summed E-state index contributed by atoms with van der Waals surface area (Å²) in [6.45, 7) is 12.5. The number of rotatable bonds is 7. The van der Waals surface area contributed by atoms with Crippen molar-refractivity contribution in [2.24, 2.45) is 5.41 Å². The largest absolute Gasteiger partial charge is 0.489 e. The van der Waals surface area contributed by atoms with E-state index in [0.29, 0.717) is 16.7 Å². The fourth-order valence-electron chi connectivity index (χ4n) is 3.31. The van der Waals surface area contributed by atoms with Gasteiger partial charge in [-0.15, -0.1) is 0 Å². The molecule has 0 aliphatic rings. The lowest BCUT2D eigenvalue weighted by Gasteiger charge is -2.33. The van der Waals surface area contributed by atoms with Gasteiger partial charge in [-0.2, -0.15) is 0 Å². The summed E-state index contributed by atoms with van der Waals surface area (Å²) >= 11 is 12.2. The Morgan fingerprint density at radius 3 is 2.27 bits per heavy atom. The van der Waals surface area contributed by atoms with Crippen molar-refractivity contribution in [1.82, 2.24) is 5.32 Å². The van der Waals surface area contributed by atoms with Gasteiger partial charge in [0.15, 0.2) is 0 Å². The maximum atomic E-state index is 6.24. The van der Waals surface area contributed by atoms with Gasteiger partial charge in [-0.1, -0.05) is 68.2 Å². The van der Waals surface area contributed by atoms with E-state index in [9.17, 15) is 0 Å². The van der Waals surface area contributed by atoms with E-state index in [-0.39, 0.29) is 11.0 Å². The Balaban J connectivity index is 2.03. The molecule has 0 spiro atoms. The predicted octanol–water partition coefficient (Wildman–Crippen LogP) is 6.88. The van der Waals surface area contributed by atoms with Crippen molar-refractivity contribution >= 4 is 23.2 Å². The van der Waals surface area contributed by atoms with Crippen molar-refractivity contribution < 1.29 is 4.74 Å². The number of hydrogen-bond acceptors (Lipinski definition) is 2. The Labute approximate surface area is 167 Å². The van der Waals surface area contributed by atoms with Crippen molar-refractivity contribution in [2.75, 3.05) is 0 Å². The number of halogens is 2. The molecule has 4 heteroatoms. The van der Waals surface area contributed by atoms with E-state index in [0.717, 1.165) is 29.8 Å². The van der Waals surface area contributed by atoms with Gasteiger partial charge >= 0.3 is 0 Å². The van der Waals surface area contributed by atoms with Crippen LogP contribution in [0.4, 0.5) is 0 Å². The fraction of sp³-hybridized carbons (Fsp3) is 0.455. The third kappa shape index (κ3) is 6.83. The smallest absolute Gasteiger partial charge is 0.124 e. The lowest BCUT2D eigenvalue weighted by Crippen LogP contribution is -2.41. The molecule has 2 rings (SSSR count). The van der Waals surface area contributed by atoms with Crippen LogP contribution < -0.4 is 10.1 Å². The quantitative estimate of drug-likeness (QED) is 0.553. The molecule has 1 N–H and O–H groups in total. The minimum atomic E-state index is 0.0465. The summed E-state index contributed by atoms with van der Waals surface area (Å²) in [5.74, 6) is 0.873. The van der Waals surface area contributed by atoms with Crippen LogP contribution in [0.25, 0.3) is 0 Å².